The molecule has 0 amide bonds. The van der Waals surface area contributed by atoms with Gasteiger partial charge in [0.1, 0.15) is 5.82 Å². The Morgan fingerprint density at radius 1 is 1.31 bits per heavy atom. The maximum Gasteiger partial charge on any atom is 0.224 e. The van der Waals surface area contributed by atoms with E-state index in [2.05, 4.69) is 57.8 Å². The molecule has 0 aliphatic heterocycles. The lowest BCUT2D eigenvalue weighted by Crippen LogP contribution is -2.11. The first kappa shape index (κ1) is 11.9. The SMILES string of the molecule is CC(C)Nc1nc(Cl)nc2ccc(I)cc12. The second-order valence-corrected chi connectivity index (χ2v) is 5.39. The quantitative estimate of drug-likeness (QED) is 0.665. The van der Waals surface area contributed by atoms with Crippen molar-refractivity contribution in [3.05, 3.63) is 27.1 Å². The number of aromatic nitrogens is 2. The van der Waals surface area contributed by atoms with Crippen molar-refractivity contribution in [3.63, 3.8) is 0 Å². The van der Waals surface area contributed by atoms with E-state index < -0.39 is 0 Å². The summed E-state index contributed by atoms with van der Waals surface area (Å²) in [4.78, 5) is 8.42. The summed E-state index contributed by atoms with van der Waals surface area (Å²) < 4.78 is 1.16. The summed E-state index contributed by atoms with van der Waals surface area (Å²) in [6.07, 6.45) is 0. The highest BCUT2D eigenvalue weighted by Crippen LogP contribution is 2.24. The minimum Gasteiger partial charge on any atom is -0.367 e. The molecule has 0 bridgehead atoms. The molecule has 1 aromatic carbocycles. The van der Waals surface area contributed by atoms with Gasteiger partial charge in [0.25, 0.3) is 0 Å². The van der Waals surface area contributed by atoms with Gasteiger partial charge in [-0.3, -0.25) is 0 Å². The molecular formula is C11H11ClIN3. The van der Waals surface area contributed by atoms with Gasteiger partial charge in [-0.25, -0.2) is 9.97 Å². The van der Waals surface area contributed by atoms with Crippen molar-refractivity contribution < 1.29 is 0 Å². The summed E-state index contributed by atoms with van der Waals surface area (Å²) in [5, 5.41) is 4.56. The zero-order chi connectivity index (χ0) is 11.7. The van der Waals surface area contributed by atoms with E-state index in [1.807, 2.05) is 12.1 Å². The van der Waals surface area contributed by atoms with Gasteiger partial charge >= 0.3 is 0 Å². The number of halogens is 2. The van der Waals surface area contributed by atoms with Crippen molar-refractivity contribution in [2.75, 3.05) is 5.32 Å². The smallest absolute Gasteiger partial charge is 0.224 e. The Bertz CT molecular complexity index is 528. The standard InChI is InChI=1S/C11H11ClIN3/c1-6(2)14-10-8-5-7(13)3-4-9(8)15-11(12)16-10/h3-6H,1-2H3,(H,14,15,16). The highest BCUT2D eigenvalue weighted by atomic mass is 127. The maximum atomic E-state index is 5.88. The Morgan fingerprint density at radius 2 is 2.06 bits per heavy atom. The molecule has 0 unspecified atom stereocenters. The summed E-state index contributed by atoms with van der Waals surface area (Å²) in [5.41, 5.74) is 0.864. The first-order valence-corrected chi connectivity index (χ1v) is 6.41. The number of nitrogens with one attached hydrogen (secondary N) is 1. The monoisotopic (exact) mass is 347 g/mol. The second-order valence-electron chi connectivity index (χ2n) is 3.80. The molecule has 5 heteroatoms. The van der Waals surface area contributed by atoms with Crippen LogP contribution in [0.5, 0.6) is 0 Å². The van der Waals surface area contributed by atoms with Crippen LogP contribution in [0.3, 0.4) is 0 Å². The van der Waals surface area contributed by atoms with Crippen molar-refractivity contribution >= 4 is 50.9 Å². The molecule has 1 aromatic heterocycles. The van der Waals surface area contributed by atoms with Crippen LogP contribution in [-0.4, -0.2) is 16.0 Å². The van der Waals surface area contributed by atoms with Gasteiger partial charge < -0.3 is 5.32 Å². The number of hydrogen-bond acceptors (Lipinski definition) is 3. The fourth-order valence-corrected chi connectivity index (χ4v) is 2.12. The van der Waals surface area contributed by atoms with Crippen LogP contribution in [-0.2, 0) is 0 Å². The molecule has 3 nitrogen and oxygen atoms in total. The highest BCUT2D eigenvalue weighted by Gasteiger charge is 2.07. The van der Waals surface area contributed by atoms with Crippen LogP contribution in [0.25, 0.3) is 10.9 Å². The van der Waals surface area contributed by atoms with Crippen molar-refractivity contribution in [3.8, 4) is 0 Å². The molecule has 0 aliphatic rings. The van der Waals surface area contributed by atoms with Crippen LogP contribution in [0, 0.1) is 3.57 Å². The number of nitrogens with zero attached hydrogens (tertiary/aromatic N) is 2. The third-order valence-corrected chi connectivity index (χ3v) is 2.90. The number of rotatable bonds is 2. The first-order valence-electron chi connectivity index (χ1n) is 4.95. The number of fused-ring (bicyclic) bond motifs is 1. The Labute approximate surface area is 113 Å². The molecule has 0 saturated carbocycles. The van der Waals surface area contributed by atoms with Gasteiger partial charge in [-0.15, -0.1) is 0 Å². The highest BCUT2D eigenvalue weighted by molar-refractivity contribution is 14.1. The molecule has 2 aromatic rings. The largest absolute Gasteiger partial charge is 0.367 e. The van der Waals surface area contributed by atoms with Crippen LogP contribution in [0.2, 0.25) is 5.28 Å². The Morgan fingerprint density at radius 3 is 2.75 bits per heavy atom. The molecule has 0 spiro atoms. The number of hydrogen-bond donors (Lipinski definition) is 1. The summed E-state index contributed by atoms with van der Waals surface area (Å²) in [6.45, 7) is 4.13. The minimum absolute atomic E-state index is 0.275. The van der Waals surface area contributed by atoms with Crippen molar-refractivity contribution in [1.29, 1.82) is 0 Å². The van der Waals surface area contributed by atoms with Crippen LogP contribution in [0.15, 0.2) is 18.2 Å². The molecule has 2 rings (SSSR count). The van der Waals surface area contributed by atoms with Crippen molar-refractivity contribution in [1.82, 2.24) is 9.97 Å². The van der Waals surface area contributed by atoms with E-state index in [1.165, 1.54) is 0 Å². The summed E-state index contributed by atoms with van der Waals surface area (Å²) >= 11 is 8.15. The van der Waals surface area contributed by atoms with Crippen LogP contribution in [0.4, 0.5) is 5.82 Å². The van der Waals surface area contributed by atoms with E-state index in [0.717, 1.165) is 20.3 Å². The molecule has 0 atom stereocenters. The van der Waals surface area contributed by atoms with Crippen LogP contribution in [0.1, 0.15) is 13.8 Å². The molecule has 1 N–H and O–H groups in total. The molecular weight excluding hydrogens is 336 g/mol. The van der Waals surface area contributed by atoms with Gasteiger partial charge in [-0.05, 0) is 66.2 Å². The van der Waals surface area contributed by atoms with Crippen molar-refractivity contribution in [2.24, 2.45) is 0 Å². The van der Waals surface area contributed by atoms with E-state index in [0.29, 0.717) is 6.04 Å². The average Bonchev–Trinajstić information content (AvgIpc) is 2.18. The summed E-state index contributed by atoms with van der Waals surface area (Å²) in [6, 6.07) is 6.32. The summed E-state index contributed by atoms with van der Waals surface area (Å²) in [5.74, 6) is 0.795. The topological polar surface area (TPSA) is 37.8 Å². The van der Waals surface area contributed by atoms with Crippen LogP contribution >= 0.6 is 34.2 Å². The third-order valence-electron chi connectivity index (χ3n) is 2.06. The predicted octanol–water partition coefficient (Wildman–Crippen LogP) is 3.71. The predicted molar refractivity (Wildman–Crippen MR) is 76.0 cm³/mol. The number of anilines is 1. The lowest BCUT2D eigenvalue weighted by molar-refractivity contribution is 0.890. The minimum atomic E-state index is 0.275. The maximum absolute atomic E-state index is 5.88. The molecule has 0 fully saturated rings. The van der Waals surface area contributed by atoms with E-state index in [9.17, 15) is 0 Å². The lowest BCUT2D eigenvalue weighted by atomic mass is 10.2. The van der Waals surface area contributed by atoms with Gasteiger partial charge in [0.05, 0.1) is 5.52 Å². The van der Waals surface area contributed by atoms with Gasteiger partial charge in [-0.1, -0.05) is 0 Å². The van der Waals surface area contributed by atoms with E-state index >= 15 is 0 Å². The van der Waals surface area contributed by atoms with E-state index in [-0.39, 0.29) is 5.28 Å². The summed E-state index contributed by atoms with van der Waals surface area (Å²) in [7, 11) is 0. The molecule has 16 heavy (non-hydrogen) atoms. The molecule has 84 valence electrons. The normalized spacial score (nSPS) is 11.1. The zero-order valence-electron chi connectivity index (χ0n) is 8.96. The van der Waals surface area contributed by atoms with Gasteiger partial charge in [0, 0.05) is 15.0 Å². The van der Waals surface area contributed by atoms with Crippen LogP contribution < -0.4 is 5.32 Å². The molecule has 0 saturated heterocycles. The Balaban J connectivity index is 2.64. The second kappa shape index (κ2) is 4.71. The Hall–Kier alpha value is -0.620. The average molecular weight is 348 g/mol. The number of benzene rings is 1. The Kier molecular flexibility index (Phi) is 3.49. The lowest BCUT2D eigenvalue weighted by Gasteiger charge is -2.11. The fourth-order valence-electron chi connectivity index (χ4n) is 1.46. The zero-order valence-corrected chi connectivity index (χ0v) is 11.9. The molecule has 0 radical (unpaired) electrons. The first-order chi connectivity index (χ1) is 7.56. The van der Waals surface area contributed by atoms with E-state index in [4.69, 9.17) is 11.6 Å². The molecule has 0 aliphatic carbocycles. The molecule has 1 heterocycles. The van der Waals surface area contributed by atoms with Crippen molar-refractivity contribution in [2.45, 2.75) is 19.9 Å². The van der Waals surface area contributed by atoms with Gasteiger partial charge in [0.15, 0.2) is 0 Å². The van der Waals surface area contributed by atoms with Gasteiger partial charge in [0.2, 0.25) is 5.28 Å². The third kappa shape index (κ3) is 2.55. The fraction of sp³-hybridized carbons (Fsp3) is 0.273. The van der Waals surface area contributed by atoms with E-state index in [1.54, 1.807) is 0 Å². The van der Waals surface area contributed by atoms with Gasteiger partial charge in [-0.2, -0.15) is 0 Å².